The summed E-state index contributed by atoms with van der Waals surface area (Å²) in [5.41, 5.74) is 0.901. The molecule has 9 heteroatoms. The third kappa shape index (κ3) is 3.71. The number of hydrogen-bond donors (Lipinski definition) is 3. The van der Waals surface area contributed by atoms with E-state index in [4.69, 9.17) is 0 Å². The van der Waals surface area contributed by atoms with E-state index in [0.717, 1.165) is 29.0 Å². The highest BCUT2D eigenvalue weighted by Gasteiger charge is 2.22. The maximum absolute atomic E-state index is 12.3. The normalized spacial score (nSPS) is 15.5. The number of nitrogens with zero attached hydrogens (tertiary/aromatic N) is 2. The molecule has 7 nitrogen and oxygen atoms in total. The molecule has 2 amide bonds. The lowest BCUT2D eigenvalue weighted by Gasteiger charge is -2.27. The largest absolute Gasteiger partial charge is 0.354 e. The fourth-order valence-electron chi connectivity index (χ4n) is 2.54. The Morgan fingerprint density at radius 3 is 2.79 bits per heavy atom. The number of hydrogen-bond acceptors (Lipinski definition) is 5. The van der Waals surface area contributed by atoms with Crippen molar-refractivity contribution in [2.24, 2.45) is 13.0 Å². The number of amides is 2. The van der Waals surface area contributed by atoms with Gasteiger partial charge in [-0.25, -0.2) is 0 Å². The van der Waals surface area contributed by atoms with Gasteiger partial charge in [-0.15, -0.1) is 23.7 Å². The minimum absolute atomic E-state index is 0. The summed E-state index contributed by atoms with van der Waals surface area (Å²) >= 11 is 1.39. The van der Waals surface area contributed by atoms with Crippen LogP contribution in [-0.4, -0.2) is 47.3 Å². The predicted molar refractivity (Wildman–Crippen MR) is 96.9 cm³/mol. The Kier molecular flexibility index (Phi) is 5.84. The minimum atomic E-state index is -0.556. The molecule has 0 radical (unpaired) electrons. The zero-order valence-corrected chi connectivity index (χ0v) is 15.5. The summed E-state index contributed by atoms with van der Waals surface area (Å²) in [6, 6.07) is 1.28. The Morgan fingerprint density at radius 2 is 2.21 bits per heavy atom. The van der Waals surface area contributed by atoms with E-state index in [0.29, 0.717) is 17.3 Å². The van der Waals surface area contributed by atoms with Gasteiger partial charge in [0.15, 0.2) is 0 Å². The molecule has 0 spiro atoms. The van der Waals surface area contributed by atoms with Crippen molar-refractivity contribution in [3.8, 4) is 0 Å². The highest BCUT2D eigenvalue weighted by molar-refractivity contribution is 7.20. The van der Waals surface area contributed by atoms with Gasteiger partial charge in [0.25, 0.3) is 5.91 Å². The summed E-state index contributed by atoms with van der Waals surface area (Å²) in [6.07, 6.45) is 0. The smallest absolute Gasteiger partial charge is 0.262 e. The van der Waals surface area contributed by atoms with Crippen LogP contribution in [0, 0.1) is 12.8 Å². The van der Waals surface area contributed by atoms with Gasteiger partial charge in [-0.05, 0) is 19.9 Å². The van der Waals surface area contributed by atoms with Gasteiger partial charge < -0.3 is 16.0 Å². The quantitative estimate of drug-likeness (QED) is 0.726. The number of halogens is 1. The average Bonchev–Trinajstić information content (AvgIpc) is 2.99. The van der Waals surface area contributed by atoms with Crippen molar-refractivity contribution in [3.05, 3.63) is 16.6 Å². The van der Waals surface area contributed by atoms with Gasteiger partial charge in [0.05, 0.1) is 10.6 Å². The number of nitrogens with one attached hydrogen (secondary N) is 3. The number of aryl methyl sites for hydroxylation is 2. The van der Waals surface area contributed by atoms with E-state index in [2.05, 4.69) is 21.0 Å². The van der Waals surface area contributed by atoms with Gasteiger partial charge in [-0.2, -0.15) is 5.10 Å². The highest BCUT2D eigenvalue weighted by Crippen LogP contribution is 2.27. The van der Waals surface area contributed by atoms with Gasteiger partial charge in [-0.1, -0.05) is 0 Å². The molecule has 0 aromatic carbocycles. The lowest BCUT2D eigenvalue weighted by molar-refractivity contribution is -0.122. The number of carbonyl (C=O) groups is 2. The van der Waals surface area contributed by atoms with Crippen LogP contribution >= 0.6 is 23.7 Å². The van der Waals surface area contributed by atoms with Gasteiger partial charge in [0.1, 0.15) is 10.9 Å². The summed E-state index contributed by atoms with van der Waals surface area (Å²) < 4.78 is 1.77. The topological polar surface area (TPSA) is 88.0 Å². The predicted octanol–water partition coefficient (Wildman–Crippen LogP) is 0.819. The molecule has 1 aliphatic rings. The second-order valence-electron chi connectivity index (χ2n) is 6.00. The summed E-state index contributed by atoms with van der Waals surface area (Å²) in [5, 5.41) is 14.1. The van der Waals surface area contributed by atoms with Crippen LogP contribution in [0.2, 0.25) is 0 Å². The zero-order chi connectivity index (χ0) is 16.6. The molecule has 2 aromatic heterocycles. The third-order valence-corrected chi connectivity index (χ3v) is 5.29. The average molecular weight is 372 g/mol. The first-order valence-electron chi connectivity index (χ1n) is 7.68. The van der Waals surface area contributed by atoms with Crippen molar-refractivity contribution in [1.29, 1.82) is 0 Å². The van der Waals surface area contributed by atoms with Crippen LogP contribution in [0.1, 0.15) is 22.3 Å². The van der Waals surface area contributed by atoms with Crippen molar-refractivity contribution < 1.29 is 9.59 Å². The minimum Gasteiger partial charge on any atom is -0.354 e. The molecule has 2 aromatic rings. The molecule has 3 heterocycles. The molecule has 0 saturated carbocycles. The van der Waals surface area contributed by atoms with Crippen LogP contribution in [-0.2, 0) is 11.8 Å². The SMILES string of the molecule is Cc1nn(C)c2sc(C(=O)NC(C)C(=O)NCC3CNC3)cc12.Cl. The van der Waals surface area contributed by atoms with E-state index in [1.165, 1.54) is 11.3 Å². The fraction of sp³-hybridized carbons (Fsp3) is 0.533. The molecule has 1 atom stereocenters. The first kappa shape index (κ1) is 18.7. The third-order valence-electron chi connectivity index (χ3n) is 4.09. The molecule has 3 rings (SSSR count). The summed E-state index contributed by atoms with van der Waals surface area (Å²) in [6.45, 7) is 6.15. The van der Waals surface area contributed by atoms with Gasteiger partial charge >= 0.3 is 0 Å². The van der Waals surface area contributed by atoms with Crippen LogP contribution in [0.25, 0.3) is 10.2 Å². The van der Waals surface area contributed by atoms with Crippen LogP contribution in [0.5, 0.6) is 0 Å². The van der Waals surface area contributed by atoms with Crippen molar-refractivity contribution >= 4 is 45.8 Å². The molecule has 24 heavy (non-hydrogen) atoms. The van der Waals surface area contributed by atoms with Crippen LogP contribution in [0.15, 0.2) is 6.07 Å². The standard InChI is InChI=1S/C15H21N5O2S.ClH/c1-8-11-4-12(23-15(11)20(3)19-8)14(22)18-9(2)13(21)17-7-10-5-16-6-10;/h4,9-10,16H,5-7H2,1-3H3,(H,17,21)(H,18,22);1H. The van der Waals surface area contributed by atoms with Crippen molar-refractivity contribution in [2.45, 2.75) is 19.9 Å². The van der Waals surface area contributed by atoms with E-state index in [1.807, 2.05) is 20.0 Å². The fourth-order valence-corrected chi connectivity index (χ4v) is 3.57. The number of aromatic nitrogens is 2. The van der Waals surface area contributed by atoms with E-state index in [1.54, 1.807) is 11.6 Å². The maximum atomic E-state index is 12.3. The molecule has 0 bridgehead atoms. The molecule has 1 unspecified atom stereocenters. The van der Waals surface area contributed by atoms with Crippen molar-refractivity contribution in [3.63, 3.8) is 0 Å². The molecule has 0 aliphatic carbocycles. The molecule has 132 valence electrons. The monoisotopic (exact) mass is 371 g/mol. The number of rotatable bonds is 5. The Balaban J connectivity index is 0.00000208. The van der Waals surface area contributed by atoms with Crippen molar-refractivity contribution in [1.82, 2.24) is 25.7 Å². The molecule has 1 aliphatic heterocycles. The Labute approximate surface area is 150 Å². The lowest BCUT2D eigenvalue weighted by Crippen LogP contribution is -2.51. The van der Waals surface area contributed by atoms with E-state index in [-0.39, 0.29) is 24.2 Å². The van der Waals surface area contributed by atoms with Crippen LogP contribution in [0.4, 0.5) is 0 Å². The number of thiophene rings is 1. The number of fused-ring (bicyclic) bond motifs is 1. The van der Waals surface area contributed by atoms with Crippen LogP contribution < -0.4 is 16.0 Å². The van der Waals surface area contributed by atoms with E-state index < -0.39 is 6.04 Å². The highest BCUT2D eigenvalue weighted by atomic mass is 35.5. The molecule has 1 saturated heterocycles. The molecule has 1 fully saturated rings. The van der Waals surface area contributed by atoms with Crippen LogP contribution in [0.3, 0.4) is 0 Å². The summed E-state index contributed by atoms with van der Waals surface area (Å²) in [7, 11) is 1.86. The first-order chi connectivity index (χ1) is 11.0. The maximum Gasteiger partial charge on any atom is 0.262 e. The van der Waals surface area contributed by atoms with Gasteiger partial charge in [0, 0.05) is 38.0 Å². The van der Waals surface area contributed by atoms with Gasteiger partial charge in [-0.3, -0.25) is 14.3 Å². The van der Waals surface area contributed by atoms with E-state index in [9.17, 15) is 9.59 Å². The van der Waals surface area contributed by atoms with E-state index >= 15 is 0 Å². The Hall–Kier alpha value is -1.64. The zero-order valence-electron chi connectivity index (χ0n) is 13.9. The molecule has 3 N–H and O–H groups in total. The Morgan fingerprint density at radius 1 is 1.50 bits per heavy atom. The number of carbonyl (C=O) groups excluding carboxylic acids is 2. The second kappa shape index (κ2) is 7.50. The first-order valence-corrected chi connectivity index (χ1v) is 8.49. The Bertz CT molecular complexity index is 718. The second-order valence-corrected chi connectivity index (χ2v) is 7.03. The van der Waals surface area contributed by atoms with Crippen molar-refractivity contribution in [2.75, 3.05) is 19.6 Å². The molecular formula is C15H22ClN5O2S. The lowest BCUT2D eigenvalue weighted by atomic mass is 10.0. The summed E-state index contributed by atoms with van der Waals surface area (Å²) in [4.78, 5) is 25.9. The summed E-state index contributed by atoms with van der Waals surface area (Å²) in [5.74, 6) is 0.127. The molecular weight excluding hydrogens is 350 g/mol. The van der Waals surface area contributed by atoms with Gasteiger partial charge in [0.2, 0.25) is 5.91 Å².